The number of nitrogens with one attached hydrogen (secondary N) is 1. The smallest absolute Gasteiger partial charge is 0.166 e. The first kappa shape index (κ1) is 21.5. The van der Waals surface area contributed by atoms with E-state index < -0.39 is 7.14 Å². The van der Waals surface area contributed by atoms with Gasteiger partial charge in [0.15, 0.2) is 17.4 Å². The highest BCUT2D eigenvalue weighted by molar-refractivity contribution is 7.70. The zero-order valence-corrected chi connectivity index (χ0v) is 18.2. The number of hydrogen-bond acceptors (Lipinski definition) is 8. The summed E-state index contributed by atoms with van der Waals surface area (Å²) in [6, 6.07) is 7.09. The predicted octanol–water partition coefficient (Wildman–Crippen LogP) is 3.71. The topological polar surface area (TPSA) is 120 Å². The van der Waals surface area contributed by atoms with Gasteiger partial charge in [-0.3, -0.25) is 4.79 Å². The van der Waals surface area contributed by atoms with E-state index in [1.54, 1.807) is 45.8 Å². The molecule has 0 fully saturated rings. The number of anilines is 3. The predicted molar refractivity (Wildman–Crippen MR) is 120 cm³/mol. The summed E-state index contributed by atoms with van der Waals surface area (Å²) in [7, 11) is -0.900. The Hall–Kier alpha value is -3.25. The van der Waals surface area contributed by atoms with Crippen LogP contribution in [-0.2, 0) is 4.57 Å². The fourth-order valence-corrected chi connectivity index (χ4v) is 3.57. The maximum atomic E-state index is 12.3. The number of carbonyl (C=O) groups excluding carboxylic acids is 1. The van der Waals surface area contributed by atoms with Gasteiger partial charge >= 0.3 is 0 Å². The molecule has 0 amide bonds. The highest BCUT2D eigenvalue weighted by atomic mass is 31.2. The minimum atomic E-state index is -2.44. The fraction of sp³-hybridized carbons (Fsp3) is 0.238. The Morgan fingerprint density at radius 3 is 2.43 bits per heavy atom. The summed E-state index contributed by atoms with van der Waals surface area (Å²) in [6.07, 6.45) is 4.96. The normalized spacial score (nSPS) is 11.2. The molecule has 156 valence electrons. The highest BCUT2D eigenvalue weighted by Gasteiger charge is 2.18. The van der Waals surface area contributed by atoms with Crippen LogP contribution in [0.4, 0.5) is 17.2 Å². The molecule has 0 saturated carbocycles. The van der Waals surface area contributed by atoms with Gasteiger partial charge in [-0.15, -0.1) is 0 Å². The van der Waals surface area contributed by atoms with Crippen LogP contribution in [0.5, 0.6) is 5.75 Å². The lowest BCUT2D eigenvalue weighted by molar-refractivity contribution is 0.0988. The molecular weight excluding hydrogens is 401 g/mol. The van der Waals surface area contributed by atoms with Crippen LogP contribution in [0.15, 0.2) is 42.9 Å². The number of nitrogens with zero attached hydrogens (tertiary/aromatic N) is 3. The minimum Gasteiger partial charge on any atom is -0.494 e. The molecule has 3 N–H and O–H groups in total. The Kier molecular flexibility index (Phi) is 6.17. The van der Waals surface area contributed by atoms with Gasteiger partial charge in [0.05, 0.1) is 29.6 Å². The molecule has 9 heteroatoms. The zero-order valence-electron chi connectivity index (χ0n) is 17.3. The first-order valence-electron chi connectivity index (χ1n) is 9.35. The van der Waals surface area contributed by atoms with Gasteiger partial charge in [-0.05, 0) is 25.5 Å². The third kappa shape index (κ3) is 4.49. The van der Waals surface area contributed by atoms with Gasteiger partial charge in [0.1, 0.15) is 13.0 Å². The molecule has 0 aliphatic rings. The third-order valence-electron chi connectivity index (χ3n) is 4.54. The van der Waals surface area contributed by atoms with Crippen molar-refractivity contribution in [1.29, 1.82) is 0 Å². The molecule has 3 aromatic rings. The van der Waals surface area contributed by atoms with Gasteiger partial charge in [-0.25, -0.2) is 15.0 Å². The summed E-state index contributed by atoms with van der Waals surface area (Å²) in [5.74, 6) is 1.18. The number of Topliss-reactive ketones (excluding diaryl/α,β-unsaturated/α-hetero) is 1. The van der Waals surface area contributed by atoms with Crippen molar-refractivity contribution in [2.24, 2.45) is 0 Å². The van der Waals surface area contributed by atoms with E-state index in [2.05, 4.69) is 20.3 Å². The quantitative estimate of drug-likeness (QED) is 0.434. The number of ketones is 1. The number of nitrogens with two attached hydrogens (primary N) is 1. The van der Waals surface area contributed by atoms with Crippen molar-refractivity contribution in [3.63, 3.8) is 0 Å². The second-order valence-corrected chi connectivity index (χ2v) is 10.3. The van der Waals surface area contributed by atoms with E-state index >= 15 is 0 Å². The molecule has 2 aromatic heterocycles. The van der Waals surface area contributed by atoms with E-state index in [9.17, 15) is 9.36 Å². The number of pyridine rings is 1. The molecule has 0 aliphatic carbocycles. The highest BCUT2D eigenvalue weighted by Crippen LogP contribution is 2.38. The molecule has 30 heavy (non-hydrogen) atoms. The van der Waals surface area contributed by atoms with E-state index in [1.165, 1.54) is 6.20 Å². The third-order valence-corrected chi connectivity index (χ3v) is 6.01. The second kappa shape index (κ2) is 8.63. The number of nitrogen functional groups attached to an aromatic ring is 1. The van der Waals surface area contributed by atoms with Crippen molar-refractivity contribution in [3.05, 3.63) is 48.4 Å². The van der Waals surface area contributed by atoms with E-state index in [1.807, 2.05) is 18.2 Å². The summed E-state index contributed by atoms with van der Waals surface area (Å²) in [5.41, 5.74) is 8.09. The summed E-state index contributed by atoms with van der Waals surface area (Å²) in [6.45, 7) is 5.13. The lowest BCUT2D eigenvalue weighted by Crippen LogP contribution is -2.08. The minimum absolute atomic E-state index is 0.0531. The van der Waals surface area contributed by atoms with Crippen molar-refractivity contribution in [1.82, 2.24) is 15.0 Å². The van der Waals surface area contributed by atoms with Crippen LogP contribution in [0.3, 0.4) is 0 Å². The maximum absolute atomic E-state index is 12.3. The average molecular weight is 425 g/mol. The van der Waals surface area contributed by atoms with Gasteiger partial charge in [0, 0.05) is 36.4 Å². The SMILES string of the molecule is CCC(=O)c1cnc(N)cc1Nc1cccc(-c2ncc(P(C)(C)=O)cn2)c1OC. The van der Waals surface area contributed by atoms with Crippen LogP contribution in [0, 0.1) is 0 Å². The van der Waals surface area contributed by atoms with Gasteiger partial charge < -0.3 is 20.4 Å². The maximum Gasteiger partial charge on any atom is 0.166 e. The standard InChI is InChI=1S/C21H24N5O3P/c1-5-18(27)15-12-23-19(22)9-17(15)26-16-8-6-7-14(20(16)29-2)21-24-10-13(11-25-21)30(3,4)28/h6-12H,5H2,1-4H3,(H3,22,23,26). The fourth-order valence-electron chi connectivity index (χ4n) is 2.90. The van der Waals surface area contributed by atoms with E-state index in [4.69, 9.17) is 10.5 Å². The van der Waals surface area contributed by atoms with Gasteiger partial charge in [-0.1, -0.05) is 13.0 Å². The summed E-state index contributed by atoms with van der Waals surface area (Å²) < 4.78 is 17.9. The Morgan fingerprint density at radius 2 is 1.83 bits per heavy atom. The molecule has 0 bridgehead atoms. The summed E-state index contributed by atoms with van der Waals surface area (Å²) in [4.78, 5) is 25.1. The molecule has 0 radical (unpaired) electrons. The summed E-state index contributed by atoms with van der Waals surface area (Å²) >= 11 is 0. The van der Waals surface area contributed by atoms with Crippen molar-refractivity contribution in [3.8, 4) is 17.1 Å². The van der Waals surface area contributed by atoms with E-state index in [0.29, 0.717) is 51.6 Å². The van der Waals surface area contributed by atoms with Crippen LogP contribution < -0.4 is 21.1 Å². The molecule has 0 aliphatic heterocycles. The Morgan fingerprint density at radius 1 is 1.13 bits per heavy atom. The molecule has 0 atom stereocenters. The number of hydrogen-bond donors (Lipinski definition) is 2. The van der Waals surface area contributed by atoms with Crippen molar-refractivity contribution >= 4 is 35.4 Å². The number of aromatic nitrogens is 3. The van der Waals surface area contributed by atoms with Crippen molar-refractivity contribution in [2.75, 3.05) is 31.5 Å². The Bertz CT molecular complexity index is 1130. The average Bonchev–Trinajstić information content (AvgIpc) is 2.72. The van der Waals surface area contributed by atoms with Crippen molar-refractivity contribution in [2.45, 2.75) is 13.3 Å². The molecular formula is C21H24N5O3P. The molecule has 3 rings (SSSR count). The number of ether oxygens (including phenoxy) is 1. The number of benzene rings is 1. The van der Waals surface area contributed by atoms with Crippen LogP contribution >= 0.6 is 7.14 Å². The van der Waals surface area contributed by atoms with Crippen LogP contribution in [0.2, 0.25) is 0 Å². The van der Waals surface area contributed by atoms with Crippen LogP contribution in [0.25, 0.3) is 11.4 Å². The lowest BCUT2D eigenvalue weighted by Gasteiger charge is -2.16. The molecule has 8 nitrogen and oxygen atoms in total. The number of methoxy groups -OCH3 is 1. The number of rotatable bonds is 7. The first-order valence-corrected chi connectivity index (χ1v) is 12.0. The monoisotopic (exact) mass is 425 g/mol. The summed E-state index contributed by atoms with van der Waals surface area (Å²) in [5, 5.41) is 3.83. The first-order chi connectivity index (χ1) is 14.2. The van der Waals surface area contributed by atoms with Gasteiger partial charge in [-0.2, -0.15) is 0 Å². The van der Waals surface area contributed by atoms with Crippen LogP contribution in [0.1, 0.15) is 23.7 Å². The number of carbonyl (C=O) groups is 1. The molecule has 1 aromatic carbocycles. The molecule has 0 spiro atoms. The molecule has 2 heterocycles. The van der Waals surface area contributed by atoms with Gasteiger partial charge in [0.2, 0.25) is 0 Å². The van der Waals surface area contributed by atoms with E-state index in [0.717, 1.165) is 0 Å². The molecule has 0 saturated heterocycles. The van der Waals surface area contributed by atoms with Crippen LogP contribution in [-0.4, -0.2) is 41.2 Å². The lowest BCUT2D eigenvalue weighted by atomic mass is 10.1. The van der Waals surface area contributed by atoms with Crippen molar-refractivity contribution < 1.29 is 14.1 Å². The van der Waals surface area contributed by atoms with Gasteiger partial charge in [0.25, 0.3) is 0 Å². The number of para-hydroxylation sites is 1. The largest absolute Gasteiger partial charge is 0.494 e. The molecule has 0 unspecified atom stereocenters. The Labute approximate surface area is 175 Å². The van der Waals surface area contributed by atoms with E-state index in [-0.39, 0.29) is 5.78 Å². The zero-order chi connectivity index (χ0) is 21.9. The second-order valence-electron chi connectivity index (χ2n) is 7.06. The Balaban J connectivity index is 2.04.